The van der Waals surface area contributed by atoms with Crippen LogP contribution in [0.3, 0.4) is 0 Å². The van der Waals surface area contributed by atoms with Crippen molar-refractivity contribution in [3.63, 3.8) is 0 Å². The minimum absolute atomic E-state index is 0.0495. The normalized spacial score (nSPS) is 15.8. The number of hydrogen-bond acceptors (Lipinski definition) is 6. The molecule has 11 heteroatoms. The van der Waals surface area contributed by atoms with Crippen LogP contribution in [0.4, 0.5) is 27.4 Å². The summed E-state index contributed by atoms with van der Waals surface area (Å²) in [7, 11) is 3.49. The maximum atomic E-state index is 14.0. The SMILES string of the molecule is CN(C)C(=O)c1cc2cnc(Nc3ccc(NC(=O)C4(C(=O)Nc5ccccc5F)CC4)cc3)nc2n1C1CCCC1. The van der Waals surface area contributed by atoms with Crippen LogP contribution in [0.5, 0.6) is 0 Å². The first kappa shape index (κ1) is 27.4. The number of rotatable bonds is 8. The van der Waals surface area contributed by atoms with Crippen molar-refractivity contribution >= 4 is 51.8 Å². The van der Waals surface area contributed by atoms with Gasteiger partial charge in [0.2, 0.25) is 17.8 Å². The lowest BCUT2D eigenvalue weighted by molar-refractivity contribution is -0.131. The van der Waals surface area contributed by atoms with Crippen LogP contribution in [0, 0.1) is 11.2 Å². The number of benzene rings is 2. The molecule has 0 atom stereocenters. The highest BCUT2D eigenvalue weighted by Crippen LogP contribution is 2.47. The number of carbonyl (C=O) groups is 3. The first-order valence-corrected chi connectivity index (χ1v) is 14.1. The maximum Gasteiger partial charge on any atom is 0.270 e. The maximum absolute atomic E-state index is 14.0. The van der Waals surface area contributed by atoms with E-state index in [1.165, 1.54) is 18.2 Å². The van der Waals surface area contributed by atoms with Crippen LogP contribution in [-0.4, -0.2) is 51.3 Å². The van der Waals surface area contributed by atoms with Gasteiger partial charge in [0.1, 0.15) is 22.6 Å². The minimum atomic E-state index is -1.22. The summed E-state index contributed by atoms with van der Waals surface area (Å²) in [5.74, 6) is -1.18. The largest absolute Gasteiger partial charge is 0.343 e. The highest BCUT2D eigenvalue weighted by molar-refractivity contribution is 6.17. The molecule has 2 aliphatic rings. The third-order valence-corrected chi connectivity index (χ3v) is 8.03. The molecule has 2 aromatic heterocycles. The third kappa shape index (κ3) is 5.17. The van der Waals surface area contributed by atoms with Gasteiger partial charge in [-0.3, -0.25) is 14.4 Å². The number of hydrogen-bond donors (Lipinski definition) is 3. The molecule has 0 spiro atoms. The Morgan fingerprint density at radius 2 is 1.62 bits per heavy atom. The molecule has 216 valence electrons. The molecule has 10 nitrogen and oxygen atoms in total. The molecule has 6 rings (SSSR count). The van der Waals surface area contributed by atoms with Crippen molar-refractivity contribution in [3.8, 4) is 0 Å². The van der Waals surface area contributed by atoms with Gasteiger partial charge in [-0.25, -0.2) is 9.37 Å². The summed E-state index contributed by atoms with van der Waals surface area (Å²) in [5.41, 5.74) is 1.39. The number of fused-ring (bicyclic) bond motifs is 1. The quantitative estimate of drug-likeness (QED) is 0.241. The minimum Gasteiger partial charge on any atom is -0.343 e. The molecule has 0 bridgehead atoms. The molecule has 2 aromatic carbocycles. The zero-order chi connectivity index (χ0) is 29.4. The second kappa shape index (κ2) is 10.9. The lowest BCUT2D eigenvalue weighted by Crippen LogP contribution is -2.35. The first-order valence-electron chi connectivity index (χ1n) is 14.1. The predicted octanol–water partition coefficient (Wildman–Crippen LogP) is 5.49. The molecular weight excluding hydrogens is 537 g/mol. The summed E-state index contributed by atoms with van der Waals surface area (Å²) in [6, 6.07) is 14.9. The van der Waals surface area contributed by atoms with E-state index in [9.17, 15) is 18.8 Å². The van der Waals surface area contributed by atoms with Crippen molar-refractivity contribution in [2.75, 3.05) is 30.0 Å². The van der Waals surface area contributed by atoms with Gasteiger partial charge >= 0.3 is 0 Å². The Balaban J connectivity index is 1.16. The molecule has 2 saturated carbocycles. The summed E-state index contributed by atoms with van der Waals surface area (Å²) in [6.45, 7) is 0. The van der Waals surface area contributed by atoms with Gasteiger partial charge < -0.3 is 25.4 Å². The van der Waals surface area contributed by atoms with Gasteiger partial charge in [0, 0.05) is 43.1 Å². The second-order valence-electron chi connectivity index (χ2n) is 11.2. The van der Waals surface area contributed by atoms with Gasteiger partial charge in [0.05, 0.1) is 5.69 Å². The van der Waals surface area contributed by atoms with E-state index in [1.807, 2.05) is 6.07 Å². The van der Waals surface area contributed by atoms with Crippen LogP contribution in [0.15, 0.2) is 60.8 Å². The van der Waals surface area contributed by atoms with E-state index in [1.54, 1.807) is 55.5 Å². The summed E-state index contributed by atoms with van der Waals surface area (Å²) in [6.07, 6.45) is 6.75. The van der Waals surface area contributed by atoms with E-state index in [0.29, 0.717) is 35.9 Å². The Labute approximate surface area is 242 Å². The Morgan fingerprint density at radius 1 is 0.952 bits per heavy atom. The number of anilines is 4. The molecule has 0 saturated heterocycles. The van der Waals surface area contributed by atoms with E-state index in [-0.39, 0.29) is 17.6 Å². The van der Waals surface area contributed by atoms with Gasteiger partial charge in [-0.15, -0.1) is 0 Å². The van der Waals surface area contributed by atoms with E-state index in [0.717, 1.165) is 36.7 Å². The van der Waals surface area contributed by atoms with Crippen molar-refractivity contribution in [3.05, 3.63) is 72.3 Å². The van der Waals surface area contributed by atoms with E-state index >= 15 is 0 Å². The van der Waals surface area contributed by atoms with E-state index in [2.05, 4.69) is 25.5 Å². The number of nitrogens with zero attached hydrogens (tertiary/aromatic N) is 4. The topological polar surface area (TPSA) is 121 Å². The van der Waals surface area contributed by atoms with Crippen molar-refractivity contribution in [2.45, 2.75) is 44.6 Å². The summed E-state index contributed by atoms with van der Waals surface area (Å²) in [5, 5.41) is 9.37. The average molecular weight is 570 g/mol. The Morgan fingerprint density at radius 3 is 2.29 bits per heavy atom. The van der Waals surface area contributed by atoms with E-state index in [4.69, 9.17) is 4.98 Å². The first-order chi connectivity index (χ1) is 20.2. The van der Waals surface area contributed by atoms with Crippen molar-refractivity contribution in [1.82, 2.24) is 19.4 Å². The molecular formula is C31H32FN7O3. The molecule has 3 N–H and O–H groups in total. The Kier molecular flexibility index (Phi) is 7.09. The molecule has 2 fully saturated rings. The predicted molar refractivity (Wildman–Crippen MR) is 158 cm³/mol. The molecule has 4 aromatic rings. The summed E-state index contributed by atoms with van der Waals surface area (Å²) < 4.78 is 16.0. The second-order valence-corrected chi connectivity index (χ2v) is 11.2. The fraction of sp³-hybridized carbons (Fsp3) is 0.323. The van der Waals surface area contributed by atoms with Crippen LogP contribution >= 0.6 is 0 Å². The fourth-order valence-corrected chi connectivity index (χ4v) is 5.50. The zero-order valence-electron chi connectivity index (χ0n) is 23.5. The van der Waals surface area contributed by atoms with Crippen LogP contribution in [0.25, 0.3) is 11.0 Å². The van der Waals surface area contributed by atoms with Crippen LogP contribution < -0.4 is 16.0 Å². The van der Waals surface area contributed by atoms with Crippen molar-refractivity contribution < 1.29 is 18.8 Å². The molecule has 2 heterocycles. The Bertz CT molecular complexity index is 1670. The number of nitrogens with one attached hydrogen (secondary N) is 3. The Hall–Kier alpha value is -4.80. The number of aromatic nitrogens is 3. The van der Waals surface area contributed by atoms with Gasteiger partial charge in [0.25, 0.3) is 5.91 Å². The zero-order valence-corrected chi connectivity index (χ0v) is 23.5. The number of carbonyl (C=O) groups excluding carboxylic acids is 3. The molecule has 0 aliphatic heterocycles. The molecule has 3 amide bonds. The molecule has 0 radical (unpaired) electrons. The monoisotopic (exact) mass is 569 g/mol. The lowest BCUT2D eigenvalue weighted by Gasteiger charge is -2.19. The smallest absolute Gasteiger partial charge is 0.270 e. The van der Waals surface area contributed by atoms with Crippen LogP contribution in [0.2, 0.25) is 0 Å². The van der Waals surface area contributed by atoms with Crippen LogP contribution in [0.1, 0.15) is 55.1 Å². The average Bonchev–Trinajstić information content (AvgIpc) is 3.46. The molecule has 42 heavy (non-hydrogen) atoms. The van der Waals surface area contributed by atoms with Crippen molar-refractivity contribution in [1.29, 1.82) is 0 Å². The van der Waals surface area contributed by atoms with Gasteiger partial charge in [-0.2, -0.15) is 4.98 Å². The molecule has 0 unspecified atom stereocenters. The highest BCUT2D eigenvalue weighted by Gasteiger charge is 2.56. The standard InChI is InChI=1S/C31H32FN7O3/c1-38(2)27(40)25-17-19-18-33-30(37-26(19)39(25)22-7-3-4-8-22)35-21-13-11-20(12-14-21)34-28(41)31(15-16-31)29(42)36-24-10-6-5-9-23(24)32/h5-6,9-14,17-18,22H,3-4,7-8,15-16H2,1-2H3,(H,34,41)(H,36,42)(H,33,35,37). The fourth-order valence-electron chi connectivity index (χ4n) is 5.50. The lowest BCUT2D eigenvalue weighted by atomic mass is 10.0. The number of para-hydroxylation sites is 1. The third-order valence-electron chi connectivity index (χ3n) is 8.03. The highest BCUT2D eigenvalue weighted by atomic mass is 19.1. The number of amides is 3. The van der Waals surface area contributed by atoms with Gasteiger partial charge in [-0.05, 0) is 68.1 Å². The summed E-state index contributed by atoms with van der Waals surface area (Å²) >= 11 is 0. The van der Waals surface area contributed by atoms with Crippen molar-refractivity contribution in [2.24, 2.45) is 5.41 Å². The van der Waals surface area contributed by atoms with Crippen LogP contribution in [-0.2, 0) is 9.59 Å². The molecule has 2 aliphatic carbocycles. The van der Waals surface area contributed by atoms with Gasteiger partial charge in [-0.1, -0.05) is 25.0 Å². The van der Waals surface area contributed by atoms with E-state index < -0.39 is 23.0 Å². The summed E-state index contributed by atoms with van der Waals surface area (Å²) in [4.78, 5) is 49.6. The number of halogens is 1. The van der Waals surface area contributed by atoms with Gasteiger partial charge in [0.15, 0.2) is 0 Å².